The second-order valence-corrected chi connectivity index (χ2v) is 6.01. The van der Waals surface area contributed by atoms with E-state index in [1.54, 1.807) is 18.3 Å². The molecule has 122 valence electrons. The van der Waals surface area contributed by atoms with Gasteiger partial charge in [-0.1, -0.05) is 5.92 Å². The Balaban J connectivity index is 0. The number of aliphatic hydroxyl groups is 1. The number of terminal acetylenes is 1. The zero-order valence-corrected chi connectivity index (χ0v) is 15.0. The molecule has 0 aliphatic rings. The number of nitrogens with zero attached hydrogens (tertiary/aromatic N) is 2. The number of rotatable bonds is 3. The quantitative estimate of drug-likeness (QED) is 0.169. The fraction of sp³-hybridized carbons (Fsp3) is 0.500. The zero-order chi connectivity index (χ0) is 17.6. The van der Waals surface area contributed by atoms with Gasteiger partial charge in [-0.05, 0) is 46.5 Å². The minimum atomic E-state index is -0.662. The Hall–Kier alpha value is -1.58. The first kappa shape index (κ1) is 22.7. The maximum absolute atomic E-state index is 9.70. The van der Waals surface area contributed by atoms with Gasteiger partial charge in [-0.25, -0.2) is 4.98 Å². The molecule has 0 radical (unpaired) electrons. The SMILES string of the molecule is C#CC#CC.Cc1nc(C(O)NC(C)(C)C)cs1.N=NOS. The van der Waals surface area contributed by atoms with Crippen LogP contribution in [0.15, 0.2) is 10.7 Å². The summed E-state index contributed by atoms with van der Waals surface area (Å²) in [6.45, 7) is 9.66. The molecule has 0 saturated carbocycles. The lowest BCUT2D eigenvalue weighted by molar-refractivity contribution is 0.103. The molecule has 1 atom stereocenters. The van der Waals surface area contributed by atoms with Gasteiger partial charge in [0.05, 0.1) is 23.6 Å². The predicted molar refractivity (Wildman–Crippen MR) is 92.2 cm³/mol. The molecule has 0 aromatic carbocycles. The second kappa shape index (κ2) is 13.1. The summed E-state index contributed by atoms with van der Waals surface area (Å²) in [6.07, 6.45) is 4.05. The molecule has 0 aliphatic heterocycles. The van der Waals surface area contributed by atoms with Crippen molar-refractivity contribution in [2.45, 2.75) is 46.4 Å². The summed E-state index contributed by atoms with van der Waals surface area (Å²) in [5, 5.41) is 18.0. The summed E-state index contributed by atoms with van der Waals surface area (Å²) in [4.78, 5) is 4.20. The molecule has 0 fully saturated rings. The van der Waals surface area contributed by atoms with Crippen LogP contribution >= 0.6 is 24.2 Å². The first-order valence-corrected chi connectivity index (χ1v) is 7.38. The molecule has 6 nitrogen and oxygen atoms in total. The highest BCUT2D eigenvalue weighted by Gasteiger charge is 2.17. The zero-order valence-electron chi connectivity index (χ0n) is 13.3. The Morgan fingerprint density at radius 1 is 1.59 bits per heavy atom. The molecular formula is C14H22N4O2S2. The van der Waals surface area contributed by atoms with Gasteiger partial charge in [0.25, 0.3) is 0 Å². The maximum Gasteiger partial charge on any atom is 0.149 e. The number of thiazole rings is 1. The van der Waals surface area contributed by atoms with E-state index < -0.39 is 6.23 Å². The van der Waals surface area contributed by atoms with Crippen molar-refractivity contribution >= 4 is 24.2 Å². The molecule has 0 aliphatic carbocycles. The molecule has 1 aromatic rings. The van der Waals surface area contributed by atoms with Gasteiger partial charge in [0, 0.05) is 16.2 Å². The molecular weight excluding hydrogens is 320 g/mol. The summed E-state index contributed by atoms with van der Waals surface area (Å²) >= 11 is 4.61. The standard InChI is InChI=1S/C9H16N2OS.C5H4.H2N2OS/c1-6-10-7(5-13-6)8(12)11-9(2,3)4;1-3-5-4-2;1-2-3-4/h5,8,11-12H,1-4H3;1H,2H3;1,4H. The lowest BCUT2D eigenvalue weighted by Crippen LogP contribution is -2.38. The molecule has 0 saturated heterocycles. The lowest BCUT2D eigenvalue weighted by Gasteiger charge is -2.23. The van der Waals surface area contributed by atoms with Crippen molar-refractivity contribution in [2.75, 3.05) is 0 Å². The summed E-state index contributed by atoms with van der Waals surface area (Å²) in [5.41, 5.74) is 6.38. The minimum Gasteiger partial charge on any atom is -0.373 e. The minimum absolute atomic E-state index is 0.100. The Labute approximate surface area is 141 Å². The van der Waals surface area contributed by atoms with E-state index in [1.807, 2.05) is 33.1 Å². The van der Waals surface area contributed by atoms with Gasteiger partial charge in [0.15, 0.2) is 0 Å². The largest absolute Gasteiger partial charge is 0.373 e. The van der Waals surface area contributed by atoms with E-state index in [4.69, 9.17) is 12.0 Å². The average Bonchev–Trinajstić information content (AvgIpc) is 2.86. The van der Waals surface area contributed by atoms with Gasteiger partial charge in [0.1, 0.15) is 6.23 Å². The van der Waals surface area contributed by atoms with Crippen molar-refractivity contribution in [3.05, 3.63) is 16.1 Å². The monoisotopic (exact) mass is 342 g/mol. The Kier molecular flexibility index (Phi) is 13.5. The fourth-order valence-corrected chi connectivity index (χ4v) is 1.69. The third-order valence-electron chi connectivity index (χ3n) is 1.72. The van der Waals surface area contributed by atoms with E-state index in [2.05, 4.69) is 50.5 Å². The van der Waals surface area contributed by atoms with E-state index in [0.29, 0.717) is 5.69 Å². The molecule has 22 heavy (non-hydrogen) atoms. The van der Waals surface area contributed by atoms with Crippen LogP contribution in [0.4, 0.5) is 0 Å². The highest BCUT2D eigenvalue weighted by molar-refractivity contribution is 7.75. The Morgan fingerprint density at radius 2 is 2.14 bits per heavy atom. The highest BCUT2D eigenvalue weighted by Crippen LogP contribution is 2.16. The number of hydrogen-bond donors (Lipinski definition) is 4. The van der Waals surface area contributed by atoms with E-state index >= 15 is 0 Å². The number of nitrogens with one attached hydrogen (secondary N) is 2. The van der Waals surface area contributed by atoms with Crippen LogP contribution in [0.1, 0.15) is 44.6 Å². The molecule has 3 N–H and O–H groups in total. The third kappa shape index (κ3) is 14.8. The molecule has 1 unspecified atom stereocenters. The van der Waals surface area contributed by atoms with Gasteiger partial charge >= 0.3 is 0 Å². The van der Waals surface area contributed by atoms with E-state index in [1.165, 1.54) is 0 Å². The van der Waals surface area contributed by atoms with Crippen molar-refractivity contribution in [1.82, 2.24) is 10.3 Å². The van der Waals surface area contributed by atoms with Crippen molar-refractivity contribution in [3.63, 3.8) is 0 Å². The molecule has 1 rings (SSSR count). The smallest absolute Gasteiger partial charge is 0.149 e. The van der Waals surface area contributed by atoms with Gasteiger partial charge in [-0.15, -0.1) is 17.8 Å². The van der Waals surface area contributed by atoms with E-state index in [-0.39, 0.29) is 5.54 Å². The van der Waals surface area contributed by atoms with Crippen molar-refractivity contribution < 1.29 is 9.39 Å². The summed E-state index contributed by atoms with van der Waals surface area (Å²) < 4.78 is 3.53. The first-order chi connectivity index (χ1) is 10.2. The molecule has 0 amide bonds. The summed E-state index contributed by atoms with van der Waals surface area (Å²) in [5.74, 6) is 7.08. The first-order valence-electron chi connectivity index (χ1n) is 6.14. The van der Waals surface area contributed by atoms with Crippen LogP contribution in [0.3, 0.4) is 0 Å². The molecule has 0 bridgehead atoms. The fourth-order valence-electron chi connectivity index (χ4n) is 1.06. The van der Waals surface area contributed by atoms with Crippen molar-refractivity contribution in [2.24, 2.45) is 5.28 Å². The van der Waals surface area contributed by atoms with Crippen LogP contribution in [-0.4, -0.2) is 15.6 Å². The summed E-state index contributed by atoms with van der Waals surface area (Å²) in [7, 11) is 0. The van der Waals surface area contributed by atoms with Crippen LogP contribution in [-0.2, 0) is 4.28 Å². The Bertz CT molecular complexity index is 521. The van der Waals surface area contributed by atoms with Crippen molar-refractivity contribution in [1.29, 1.82) is 5.53 Å². The predicted octanol–water partition coefficient (Wildman–Crippen LogP) is 3.27. The number of hydrogen-bond acceptors (Lipinski definition) is 8. The Morgan fingerprint density at radius 3 is 2.36 bits per heavy atom. The van der Waals surface area contributed by atoms with Crippen LogP contribution < -0.4 is 5.32 Å². The second-order valence-electron chi connectivity index (χ2n) is 4.78. The van der Waals surface area contributed by atoms with Crippen molar-refractivity contribution in [3.8, 4) is 24.2 Å². The van der Waals surface area contributed by atoms with E-state index in [9.17, 15) is 5.11 Å². The number of thiol groups is 1. The van der Waals surface area contributed by atoms with E-state index in [0.717, 1.165) is 5.01 Å². The van der Waals surface area contributed by atoms with Gasteiger partial charge in [-0.2, -0.15) is 5.53 Å². The number of aryl methyl sites for hydroxylation is 1. The van der Waals surface area contributed by atoms with Gasteiger partial charge < -0.3 is 9.39 Å². The topological polar surface area (TPSA) is 90.6 Å². The van der Waals surface area contributed by atoms with Gasteiger partial charge in [0.2, 0.25) is 0 Å². The highest BCUT2D eigenvalue weighted by atomic mass is 32.1. The number of aliphatic hydroxyl groups excluding tert-OH is 1. The van der Waals surface area contributed by atoms with Crippen LogP contribution in [0.2, 0.25) is 0 Å². The normalized spacial score (nSPS) is 10.3. The molecule has 8 heteroatoms. The van der Waals surface area contributed by atoms with Crippen LogP contribution in [0.5, 0.6) is 0 Å². The molecule has 0 spiro atoms. The third-order valence-corrected chi connectivity index (χ3v) is 2.60. The number of aromatic nitrogens is 1. The lowest BCUT2D eigenvalue weighted by atomic mass is 10.1. The van der Waals surface area contributed by atoms with Crippen LogP contribution in [0.25, 0.3) is 0 Å². The average molecular weight is 342 g/mol. The maximum atomic E-state index is 9.70. The van der Waals surface area contributed by atoms with Crippen LogP contribution in [0, 0.1) is 36.6 Å². The van der Waals surface area contributed by atoms with Gasteiger partial charge in [-0.3, -0.25) is 5.32 Å². The molecule has 1 aromatic heterocycles. The molecule has 1 heterocycles. The summed E-state index contributed by atoms with van der Waals surface area (Å²) in [6, 6.07) is 0.